The van der Waals surface area contributed by atoms with Crippen molar-refractivity contribution in [1.82, 2.24) is 20.4 Å². The van der Waals surface area contributed by atoms with Crippen LogP contribution in [0.5, 0.6) is 0 Å². The highest BCUT2D eigenvalue weighted by Crippen LogP contribution is 2.34. The van der Waals surface area contributed by atoms with Crippen LogP contribution in [0.2, 0.25) is 0 Å². The van der Waals surface area contributed by atoms with Crippen LogP contribution in [0.15, 0.2) is 12.3 Å². The van der Waals surface area contributed by atoms with Crippen molar-refractivity contribution in [2.45, 2.75) is 59.0 Å². The largest absolute Gasteiger partial charge is 0.381 e. The van der Waals surface area contributed by atoms with Gasteiger partial charge in [0.2, 0.25) is 5.91 Å². The van der Waals surface area contributed by atoms with Crippen molar-refractivity contribution in [3.63, 3.8) is 0 Å². The van der Waals surface area contributed by atoms with Gasteiger partial charge in [0, 0.05) is 62.1 Å². The molecule has 8 nitrogen and oxygen atoms in total. The fourth-order valence-electron chi connectivity index (χ4n) is 5.60. The van der Waals surface area contributed by atoms with E-state index in [1.165, 1.54) is 0 Å². The molecule has 2 N–H and O–H groups in total. The summed E-state index contributed by atoms with van der Waals surface area (Å²) < 4.78 is 7.42. The Morgan fingerprint density at radius 3 is 2.73 bits per heavy atom. The van der Waals surface area contributed by atoms with Crippen LogP contribution in [0.3, 0.4) is 0 Å². The maximum Gasteiger partial charge on any atom is 0.251 e. The normalized spacial score (nSPS) is 24.0. The monoisotopic (exact) mass is 455 g/mol. The minimum atomic E-state index is -0.209. The molecule has 1 aromatic carbocycles. The van der Waals surface area contributed by atoms with Gasteiger partial charge in [-0.1, -0.05) is 6.92 Å². The van der Waals surface area contributed by atoms with Gasteiger partial charge in [0.25, 0.3) is 5.91 Å². The van der Waals surface area contributed by atoms with Crippen molar-refractivity contribution >= 4 is 28.4 Å². The van der Waals surface area contributed by atoms with Crippen molar-refractivity contribution < 1.29 is 14.3 Å². The molecule has 2 aliphatic rings. The molecule has 2 aromatic rings. The lowest BCUT2D eigenvalue weighted by atomic mass is 9.84. The SMILES string of the molecule is CCN(c1cc(C(=O)NCC2C(=O)NC(C)CC2C)c(C)c2c1cnn2C)C1CCOCC1. The number of ether oxygens (including phenoxy) is 1. The Kier molecular flexibility index (Phi) is 6.93. The summed E-state index contributed by atoms with van der Waals surface area (Å²) in [6.45, 7) is 10.9. The summed E-state index contributed by atoms with van der Waals surface area (Å²) in [7, 11) is 1.92. The van der Waals surface area contributed by atoms with E-state index in [2.05, 4.69) is 34.5 Å². The van der Waals surface area contributed by atoms with Gasteiger partial charge < -0.3 is 20.3 Å². The number of rotatable bonds is 6. The summed E-state index contributed by atoms with van der Waals surface area (Å²) in [5, 5.41) is 11.6. The quantitative estimate of drug-likeness (QED) is 0.699. The lowest BCUT2D eigenvalue weighted by Crippen LogP contribution is -2.50. The lowest BCUT2D eigenvalue weighted by Gasteiger charge is -2.36. The Labute approximate surface area is 196 Å². The van der Waals surface area contributed by atoms with Crippen molar-refractivity contribution in [1.29, 1.82) is 0 Å². The molecular formula is C25H37N5O3. The first kappa shape index (κ1) is 23.5. The molecule has 1 aromatic heterocycles. The first-order chi connectivity index (χ1) is 15.8. The average molecular weight is 456 g/mol. The fraction of sp³-hybridized carbons (Fsp3) is 0.640. The van der Waals surface area contributed by atoms with E-state index < -0.39 is 0 Å². The molecule has 3 heterocycles. The van der Waals surface area contributed by atoms with E-state index >= 15 is 0 Å². The van der Waals surface area contributed by atoms with Crippen LogP contribution < -0.4 is 15.5 Å². The zero-order valence-electron chi connectivity index (χ0n) is 20.5. The van der Waals surface area contributed by atoms with Crippen LogP contribution in [0.1, 0.15) is 56.0 Å². The van der Waals surface area contributed by atoms with Crippen molar-refractivity contribution in [3.05, 3.63) is 23.4 Å². The molecule has 2 saturated heterocycles. The molecular weight excluding hydrogens is 418 g/mol. The number of hydrogen-bond acceptors (Lipinski definition) is 5. The minimum Gasteiger partial charge on any atom is -0.381 e. The van der Waals surface area contributed by atoms with E-state index in [1.54, 1.807) is 0 Å². The summed E-state index contributed by atoms with van der Waals surface area (Å²) in [4.78, 5) is 28.3. The number of hydrogen-bond donors (Lipinski definition) is 2. The van der Waals surface area contributed by atoms with E-state index in [9.17, 15) is 9.59 Å². The van der Waals surface area contributed by atoms with Gasteiger partial charge in [-0.25, -0.2) is 0 Å². The second kappa shape index (κ2) is 9.71. The van der Waals surface area contributed by atoms with Gasteiger partial charge in [-0.3, -0.25) is 14.3 Å². The third-order valence-electron chi connectivity index (χ3n) is 7.40. The molecule has 0 aliphatic carbocycles. The molecule has 0 bridgehead atoms. The molecule has 2 amide bonds. The molecule has 3 unspecified atom stereocenters. The van der Waals surface area contributed by atoms with Crippen molar-refractivity contribution in [2.24, 2.45) is 18.9 Å². The van der Waals surface area contributed by atoms with E-state index in [4.69, 9.17) is 4.74 Å². The predicted molar refractivity (Wildman–Crippen MR) is 130 cm³/mol. The van der Waals surface area contributed by atoms with Crippen LogP contribution in [0, 0.1) is 18.8 Å². The highest BCUT2D eigenvalue weighted by molar-refractivity contribution is 6.05. The third-order valence-corrected chi connectivity index (χ3v) is 7.40. The molecule has 0 radical (unpaired) electrons. The van der Waals surface area contributed by atoms with Gasteiger partial charge in [0.15, 0.2) is 0 Å². The summed E-state index contributed by atoms with van der Waals surface area (Å²) in [5.41, 5.74) is 3.56. The molecule has 8 heteroatoms. The van der Waals surface area contributed by atoms with Crippen LogP contribution in [-0.4, -0.2) is 60.0 Å². The number of carbonyl (C=O) groups excluding carboxylic acids is 2. The van der Waals surface area contributed by atoms with Gasteiger partial charge in [-0.15, -0.1) is 0 Å². The molecule has 4 rings (SSSR count). The first-order valence-electron chi connectivity index (χ1n) is 12.2. The Bertz CT molecular complexity index is 1030. The predicted octanol–water partition coefficient (Wildman–Crippen LogP) is 2.78. The molecule has 3 atom stereocenters. The topological polar surface area (TPSA) is 88.5 Å². The number of benzene rings is 1. The molecule has 2 aliphatic heterocycles. The van der Waals surface area contributed by atoms with Gasteiger partial charge in [0.1, 0.15) is 0 Å². The summed E-state index contributed by atoms with van der Waals surface area (Å²) in [6, 6.07) is 2.57. The zero-order valence-corrected chi connectivity index (χ0v) is 20.5. The van der Waals surface area contributed by atoms with Gasteiger partial charge in [-0.2, -0.15) is 5.10 Å². The highest BCUT2D eigenvalue weighted by atomic mass is 16.5. The number of nitrogens with one attached hydrogen (secondary N) is 2. The van der Waals surface area contributed by atoms with Gasteiger partial charge >= 0.3 is 0 Å². The summed E-state index contributed by atoms with van der Waals surface area (Å²) in [6.07, 6.45) is 4.76. The first-order valence-corrected chi connectivity index (χ1v) is 12.2. The number of carbonyl (C=O) groups is 2. The van der Waals surface area contributed by atoms with Crippen molar-refractivity contribution in [2.75, 3.05) is 31.2 Å². The van der Waals surface area contributed by atoms with Crippen LogP contribution in [0.4, 0.5) is 5.69 Å². The van der Waals surface area contributed by atoms with Gasteiger partial charge in [0.05, 0.1) is 17.6 Å². The lowest BCUT2D eigenvalue weighted by molar-refractivity contribution is -0.129. The van der Waals surface area contributed by atoms with E-state index in [0.29, 0.717) is 18.2 Å². The second-order valence-electron chi connectivity index (χ2n) is 9.67. The number of anilines is 1. The molecule has 2 fully saturated rings. The molecule has 180 valence electrons. The third kappa shape index (κ3) is 4.58. The zero-order chi connectivity index (χ0) is 23.7. The highest BCUT2D eigenvalue weighted by Gasteiger charge is 2.33. The van der Waals surface area contributed by atoms with Crippen LogP contribution >= 0.6 is 0 Å². The van der Waals surface area contributed by atoms with E-state index in [-0.39, 0.29) is 29.7 Å². The molecule has 0 saturated carbocycles. The molecule has 0 spiro atoms. The number of piperidine rings is 1. The Morgan fingerprint density at radius 1 is 1.33 bits per heavy atom. The summed E-state index contributed by atoms with van der Waals surface area (Å²) in [5.74, 6) is -0.0923. The molecule has 33 heavy (non-hydrogen) atoms. The van der Waals surface area contributed by atoms with E-state index in [0.717, 1.165) is 61.2 Å². The smallest absolute Gasteiger partial charge is 0.251 e. The van der Waals surface area contributed by atoms with Crippen molar-refractivity contribution in [3.8, 4) is 0 Å². The fourth-order valence-corrected chi connectivity index (χ4v) is 5.60. The van der Waals surface area contributed by atoms with Crippen LogP contribution in [-0.2, 0) is 16.6 Å². The maximum atomic E-state index is 13.4. The minimum absolute atomic E-state index is 0.0257. The number of aryl methyl sites for hydroxylation is 2. The Balaban J connectivity index is 1.64. The average Bonchev–Trinajstić information content (AvgIpc) is 3.17. The number of fused-ring (bicyclic) bond motifs is 1. The Morgan fingerprint density at radius 2 is 2.06 bits per heavy atom. The number of amides is 2. The maximum absolute atomic E-state index is 13.4. The standard InChI is InChI=1S/C25H37N5O3/c1-6-30(18-7-9-33-10-8-18)22-12-19(17(4)23-21(22)14-27-29(23)5)24(31)26-13-20-15(2)11-16(3)28-25(20)32/h12,14-16,18,20H,6-11,13H2,1-5H3,(H,26,31)(H,28,32). The second-order valence-corrected chi connectivity index (χ2v) is 9.67. The Hall–Kier alpha value is -2.61. The van der Waals surface area contributed by atoms with E-state index in [1.807, 2.05) is 37.8 Å². The summed E-state index contributed by atoms with van der Waals surface area (Å²) >= 11 is 0. The number of nitrogens with zero attached hydrogens (tertiary/aromatic N) is 3. The van der Waals surface area contributed by atoms with Crippen LogP contribution in [0.25, 0.3) is 10.9 Å². The number of aromatic nitrogens is 2. The van der Waals surface area contributed by atoms with Gasteiger partial charge in [-0.05, 0) is 57.6 Å².